The highest BCUT2D eigenvalue weighted by atomic mass is 32.1. The summed E-state index contributed by atoms with van der Waals surface area (Å²) in [7, 11) is 0. The minimum absolute atomic E-state index is 0.0285. The number of nitrogens with one attached hydrogen (secondary N) is 1. The summed E-state index contributed by atoms with van der Waals surface area (Å²) in [4.78, 5) is 37.2. The molecule has 6 nitrogen and oxygen atoms in total. The number of nitriles is 1. The van der Waals surface area contributed by atoms with Crippen LogP contribution < -0.4 is 5.32 Å². The van der Waals surface area contributed by atoms with E-state index in [9.17, 15) is 19.6 Å². The molecule has 150 valence electrons. The van der Waals surface area contributed by atoms with Gasteiger partial charge in [-0.1, -0.05) is 36.8 Å². The zero-order valence-corrected chi connectivity index (χ0v) is 16.8. The van der Waals surface area contributed by atoms with Crippen LogP contribution in [0.25, 0.3) is 0 Å². The number of ether oxygens (including phenoxy) is 1. The van der Waals surface area contributed by atoms with Crippen molar-refractivity contribution in [2.24, 2.45) is 0 Å². The summed E-state index contributed by atoms with van der Waals surface area (Å²) in [6, 6.07) is 10.9. The Kier molecular flexibility index (Phi) is 7.14. The van der Waals surface area contributed by atoms with E-state index in [2.05, 4.69) is 11.4 Å². The van der Waals surface area contributed by atoms with Crippen molar-refractivity contribution in [3.05, 3.63) is 51.9 Å². The maximum atomic E-state index is 12.2. The Labute approximate surface area is 173 Å². The molecule has 1 heterocycles. The quantitative estimate of drug-likeness (QED) is 0.422. The molecular weight excluding hydrogens is 388 g/mol. The van der Waals surface area contributed by atoms with Crippen molar-refractivity contribution < 1.29 is 19.1 Å². The van der Waals surface area contributed by atoms with Crippen LogP contribution in [0.5, 0.6) is 0 Å². The number of aryl methyl sites for hydroxylation is 1. The molecule has 1 aromatic heterocycles. The minimum atomic E-state index is -0.605. The normalized spacial score (nSPS) is 12.9. The number of Topliss-reactive ketones (excluding diaryl/α,β-unsaturated/α-hetero) is 1. The number of benzene rings is 1. The number of anilines is 1. The number of amides is 1. The van der Waals surface area contributed by atoms with Crippen molar-refractivity contribution in [3.63, 3.8) is 0 Å². The van der Waals surface area contributed by atoms with Gasteiger partial charge in [-0.15, -0.1) is 11.3 Å². The fourth-order valence-electron chi connectivity index (χ4n) is 3.31. The van der Waals surface area contributed by atoms with Crippen molar-refractivity contribution in [1.82, 2.24) is 0 Å². The molecule has 1 aromatic carbocycles. The fraction of sp³-hybridized carbons (Fsp3) is 0.364. The molecule has 0 spiro atoms. The number of rotatable bonds is 7. The summed E-state index contributed by atoms with van der Waals surface area (Å²) in [5.41, 5.74) is 2.11. The van der Waals surface area contributed by atoms with Crippen molar-refractivity contribution in [1.29, 1.82) is 5.26 Å². The number of hydrogen-bond donors (Lipinski definition) is 1. The number of carbonyl (C=O) groups is 3. The maximum Gasteiger partial charge on any atom is 0.306 e. The molecule has 29 heavy (non-hydrogen) atoms. The van der Waals surface area contributed by atoms with Crippen LogP contribution in [0.3, 0.4) is 0 Å². The predicted octanol–water partition coefficient (Wildman–Crippen LogP) is 4.03. The second-order valence-electron chi connectivity index (χ2n) is 6.88. The van der Waals surface area contributed by atoms with E-state index in [4.69, 9.17) is 4.74 Å². The molecule has 0 bridgehead atoms. The van der Waals surface area contributed by atoms with Crippen LogP contribution in [0, 0.1) is 11.3 Å². The number of hydrogen-bond acceptors (Lipinski definition) is 6. The van der Waals surface area contributed by atoms with Gasteiger partial charge in [-0.25, -0.2) is 0 Å². The first-order valence-electron chi connectivity index (χ1n) is 9.67. The van der Waals surface area contributed by atoms with Crippen LogP contribution in [-0.4, -0.2) is 24.3 Å². The van der Waals surface area contributed by atoms with Crippen LogP contribution in [0.15, 0.2) is 30.3 Å². The molecule has 0 unspecified atom stereocenters. The third kappa shape index (κ3) is 5.52. The molecule has 3 rings (SSSR count). The molecule has 0 aliphatic heterocycles. The van der Waals surface area contributed by atoms with Crippen molar-refractivity contribution >= 4 is 34.0 Å². The number of ketones is 1. The van der Waals surface area contributed by atoms with E-state index in [1.807, 2.05) is 6.07 Å². The van der Waals surface area contributed by atoms with Gasteiger partial charge in [0.05, 0.1) is 12.0 Å². The van der Waals surface area contributed by atoms with Crippen LogP contribution in [0.4, 0.5) is 5.00 Å². The highest BCUT2D eigenvalue weighted by molar-refractivity contribution is 7.16. The number of carbonyl (C=O) groups excluding carboxylic acids is 3. The number of fused-ring (bicyclic) bond motifs is 1. The second kappa shape index (κ2) is 9.99. The highest BCUT2D eigenvalue weighted by Gasteiger charge is 2.21. The first kappa shape index (κ1) is 20.7. The summed E-state index contributed by atoms with van der Waals surface area (Å²) in [5, 5.41) is 12.7. The van der Waals surface area contributed by atoms with Crippen LogP contribution in [-0.2, 0) is 27.2 Å². The molecule has 0 saturated carbocycles. The van der Waals surface area contributed by atoms with Gasteiger partial charge in [0.25, 0.3) is 5.91 Å². The Morgan fingerprint density at radius 3 is 2.59 bits per heavy atom. The van der Waals surface area contributed by atoms with Crippen molar-refractivity contribution in [2.45, 2.75) is 44.9 Å². The average Bonchev–Trinajstić information content (AvgIpc) is 2.89. The van der Waals surface area contributed by atoms with Crippen LogP contribution >= 0.6 is 11.3 Å². The first-order valence-corrected chi connectivity index (χ1v) is 10.5. The topological polar surface area (TPSA) is 96.3 Å². The Bertz CT molecular complexity index is 944. The second-order valence-corrected chi connectivity index (χ2v) is 7.98. The lowest BCUT2D eigenvalue weighted by Gasteiger charge is -2.06. The molecule has 1 aliphatic rings. The summed E-state index contributed by atoms with van der Waals surface area (Å²) >= 11 is 1.43. The van der Waals surface area contributed by atoms with Gasteiger partial charge in [-0.2, -0.15) is 5.26 Å². The Hall–Kier alpha value is -2.98. The molecule has 2 aromatic rings. The Morgan fingerprint density at radius 1 is 1.07 bits per heavy atom. The summed E-state index contributed by atoms with van der Waals surface area (Å²) in [6.07, 6.45) is 5.01. The number of nitrogens with zero attached hydrogens (tertiary/aromatic N) is 1. The molecule has 0 atom stereocenters. The third-order valence-corrected chi connectivity index (χ3v) is 6.01. The maximum absolute atomic E-state index is 12.2. The third-order valence-electron chi connectivity index (χ3n) is 4.80. The molecule has 1 aliphatic carbocycles. The Balaban J connectivity index is 1.48. The van der Waals surface area contributed by atoms with Gasteiger partial charge in [-0.3, -0.25) is 14.4 Å². The lowest BCUT2D eigenvalue weighted by atomic mass is 10.1. The predicted molar refractivity (Wildman–Crippen MR) is 110 cm³/mol. The van der Waals surface area contributed by atoms with Crippen molar-refractivity contribution in [2.75, 3.05) is 11.9 Å². The van der Waals surface area contributed by atoms with E-state index in [0.717, 1.165) is 42.5 Å². The summed E-state index contributed by atoms with van der Waals surface area (Å²) in [5.74, 6) is -1.24. The zero-order valence-electron chi connectivity index (χ0n) is 16.0. The van der Waals surface area contributed by atoms with Gasteiger partial charge in [0.1, 0.15) is 11.1 Å². The molecule has 1 N–H and O–H groups in total. The number of esters is 1. The smallest absolute Gasteiger partial charge is 0.306 e. The van der Waals surface area contributed by atoms with E-state index in [-0.39, 0.29) is 18.6 Å². The Morgan fingerprint density at radius 2 is 1.83 bits per heavy atom. The van der Waals surface area contributed by atoms with Gasteiger partial charge in [0.15, 0.2) is 12.4 Å². The molecule has 1 amide bonds. The van der Waals surface area contributed by atoms with Crippen LogP contribution in [0.1, 0.15) is 58.5 Å². The summed E-state index contributed by atoms with van der Waals surface area (Å²) in [6.45, 7) is -0.439. The van der Waals surface area contributed by atoms with Gasteiger partial charge >= 0.3 is 5.97 Å². The standard InChI is InChI=1S/C22H22N2O4S/c23-13-17-16-9-5-2-6-10-19(16)29-22(17)24-20(26)14-28-21(27)12-11-18(25)15-7-3-1-4-8-15/h1,3-4,7-8H,2,5-6,9-12,14H2,(H,24,26). The lowest BCUT2D eigenvalue weighted by molar-refractivity contribution is -0.147. The largest absolute Gasteiger partial charge is 0.456 e. The zero-order chi connectivity index (χ0) is 20.6. The first-order chi connectivity index (χ1) is 14.1. The molecule has 7 heteroatoms. The molecule has 0 saturated heterocycles. The van der Waals surface area contributed by atoms with Crippen LogP contribution in [0.2, 0.25) is 0 Å². The minimum Gasteiger partial charge on any atom is -0.456 e. The van der Waals surface area contributed by atoms with E-state index >= 15 is 0 Å². The van der Waals surface area contributed by atoms with E-state index < -0.39 is 18.5 Å². The number of thiophene rings is 1. The van der Waals surface area contributed by atoms with Gasteiger partial charge < -0.3 is 10.1 Å². The van der Waals surface area contributed by atoms with Gasteiger partial charge in [0.2, 0.25) is 0 Å². The molecule has 0 fully saturated rings. The highest BCUT2D eigenvalue weighted by Crippen LogP contribution is 2.36. The SMILES string of the molecule is N#Cc1c(NC(=O)COC(=O)CCC(=O)c2ccccc2)sc2c1CCCCC2. The van der Waals surface area contributed by atoms with E-state index in [0.29, 0.717) is 16.1 Å². The van der Waals surface area contributed by atoms with Gasteiger partial charge in [-0.05, 0) is 31.2 Å². The molecular formula is C22H22N2O4S. The summed E-state index contributed by atoms with van der Waals surface area (Å²) < 4.78 is 4.98. The molecule has 0 radical (unpaired) electrons. The van der Waals surface area contributed by atoms with Crippen molar-refractivity contribution in [3.8, 4) is 6.07 Å². The van der Waals surface area contributed by atoms with Gasteiger partial charge in [0, 0.05) is 16.9 Å². The monoisotopic (exact) mass is 410 g/mol. The van der Waals surface area contributed by atoms with E-state index in [1.165, 1.54) is 11.3 Å². The fourth-order valence-corrected chi connectivity index (χ4v) is 4.57. The van der Waals surface area contributed by atoms with E-state index in [1.54, 1.807) is 24.3 Å². The lowest BCUT2D eigenvalue weighted by Crippen LogP contribution is -2.21. The average molecular weight is 410 g/mol.